The molecule has 1 aliphatic rings. The average Bonchev–Trinajstić information content (AvgIpc) is 3.12. The second-order valence-corrected chi connectivity index (χ2v) is 7.20. The van der Waals surface area contributed by atoms with Crippen molar-refractivity contribution in [3.63, 3.8) is 0 Å². The van der Waals surface area contributed by atoms with Gasteiger partial charge >= 0.3 is 0 Å². The van der Waals surface area contributed by atoms with E-state index in [0.29, 0.717) is 11.4 Å². The lowest BCUT2D eigenvalue weighted by Gasteiger charge is -2.08. The zero-order valence-electron chi connectivity index (χ0n) is 9.52. The van der Waals surface area contributed by atoms with Crippen LogP contribution in [0.1, 0.15) is 12.8 Å². The number of hydrogen-bond donors (Lipinski definition) is 2. The fourth-order valence-corrected chi connectivity index (χ4v) is 2.34. The Kier molecular flexibility index (Phi) is 3.91. The molecule has 1 aromatic carbocycles. The van der Waals surface area contributed by atoms with Crippen molar-refractivity contribution in [1.29, 1.82) is 0 Å². The molecule has 2 N–H and O–H groups in total. The second-order valence-electron chi connectivity index (χ2n) is 4.17. The number of carbonyl (C=O) groups excluding carboxylic acids is 1. The highest BCUT2D eigenvalue weighted by molar-refractivity contribution is 9.10. The first kappa shape index (κ1) is 13.4. The minimum absolute atomic E-state index is 0.00417. The molecule has 1 aromatic rings. The van der Waals surface area contributed by atoms with Crippen LogP contribution in [0.4, 0.5) is 11.4 Å². The Morgan fingerprint density at radius 3 is 2.61 bits per heavy atom. The number of sulfonamides is 1. The molecule has 0 unspecified atom stereocenters. The molecule has 1 amide bonds. The van der Waals surface area contributed by atoms with E-state index in [4.69, 9.17) is 0 Å². The number of carbonyl (C=O) groups is 1. The van der Waals surface area contributed by atoms with Gasteiger partial charge in [0.05, 0.1) is 5.69 Å². The Morgan fingerprint density at radius 1 is 1.33 bits per heavy atom. The largest absolute Gasteiger partial charge is 0.326 e. The lowest BCUT2D eigenvalue weighted by molar-refractivity contribution is -0.117. The number of amides is 1. The zero-order chi connectivity index (χ0) is 13.2. The first-order chi connectivity index (χ1) is 8.50. The maximum Gasteiger partial charge on any atom is 0.242 e. The predicted molar refractivity (Wildman–Crippen MR) is 74.1 cm³/mol. The van der Waals surface area contributed by atoms with Gasteiger partial charge in [-0.25, -0.2) is 8.42 Å². The molecule has 7 heteroatoms. The van der Waals surface area contributed by atoms with E-state index in [0.717, 1.165) is 12.8 Å². The van der Waals surface area contributed by atoms with Crippen molar-refractivity contribution in [2.24, 2.45) is 5.92 Å². The van der Waals surface area contributed by atoms with Crippen molar-refractivity contribution in [3.8, 4) is 0 Å². The third-order valence-corrected chi connectivity index (χ3v) is 5.14. The molecule has 1 saturated carbocycles. The molecule has 0 atom stereocenters. The first-order valence-electron chi connectivity index (χ1n) is 5.47. The van der Waals surface area contributed by atoms with Gasteiger partial charge in [-0.3, -0.25) is 9.52 Å². The van der Waals surface area contributed by atoms with Gasteiger partial charge in [-0.15, -0.1) is 0 Å². The molecule has 0 heterocycles. The number of alkyl halides is 1. The fraction of sp³-hybridized carbons (Fsp3) is 0.364. The number of anilines is 2. The van der Waals surface area contributed by atoms with Gasteiger partial charge in [0, 0.05) is 11.6 Å². The Labute approximate surface area is 114 Å². The third kappa shape index (κ3) is 3.71. The maximum absolute atomic E-state index is 11.6. The standard InChI is InChI=1S/C11H13BrN2O3S/c12-7-18(16,17)14-10-3-1-2-9(6-10)13-11(15)8-4-5-8/h1-3,6,8,14H,4-5,7H2,(H,13,15). The molecule has 18 heavy (non-hydrogen) atoms. The van der Waals surface area contributed by atoms with E-state index < -0.39 is 10.0 Å². The summed E-state index contributed by atoms with van der Waals surface area (Å²) in [6.45, 7) is 0. The van der Waals surface area contributed by atoms with Gasteiger partial charge in [0.15, 0.2) is 0 Å². The minimum atomic E-state index is -3.37. The molecule has 1 fully saturated rings. The minimum Gasteiger partial charge on any atom is -0.326 e. The van der Waals surface area contributed by atoms with E-state index in [1.54, 1.807) is 24.3 Å². The zero-order valence-corrected chi connectivity index (χ0v) is 11.9. The van der Waals surface area contributed by atoms with Crippen LogP contribution >= 0.6 is 15.9 Å². The highest BCUT2D eigenvalue weighted by Gasteiger charge is 2.29. The van der Waals surface area contributed by atoms with Gasteiger partial charge in [0.25, 0.3) is 0 Å². The molecule has 98 valence electrons. The SMILES string of the molecule is O=C(Nc1cccc(NS(=O)(=O)CBr)c1)C1CC1. The van der Waals surface area contributed by atoms with Gasteiger partial charge in [-0.2, -0.15) is 0 Å². The van der Waals surface area contributed by atoms with Crippen LogP contribution in [0, 0.1) is 5.92 Å². The Hall–Kier alpha value is -1.08. The van der Waals surface area contributed by atoms with E-state index in [-0.39, 0.29) is 16.5 Å². The summed E-state index contributed by atoms with van der Waals surface area (Å²) in [7, 11) is -3.37. The lowest BCUT2D eigenvalue weighted by atomic mass is 10.2. The smallest absolute Gasteiger partial charge is 0.242 e. The van der Waals surface area contributed by atoms with Crippen LogP contribution in [0.3, 0.4) is 0 Å². The molecule has 0 spiro atoms. The van der Waals surface area contributed by atoms with E-state index in [1.807, 2.05) is 0 Å². The van der Waals surface area contributed by atoms with Crippen LogP contribution in [0.5, 0.6) is 0 Å². The molecule has 1 aliphatic carbocycles. The summed E-state index contributed by atoms with van der Waals surface area (Å²) in [6.07, 6.45) is 1.86. The van der Waals surface area contributed by atoms with Crippen molar-refractivity contribution in [2.45, 2.75) is 12.8 Å². The number of nitrogens with one attached hydrogen (secondary N) is 2. The van der Waals surface area contributed by atoms with Crippen LogP contribution in [0.2, 0.25) is 0 Å². The Morgan fingerprint density at radius 2 is 2.00 bits per heavy atom. The quantitative estimate of drug-likeness (QED) is 0.811. The van der Waals surface area contributed by atoms with Crippen molar-refractivity contribution in [2.75, 3.05) is 14.7 Å². The number of benzene rings is 1. The van der Waals surface area contributed by atoms with Crippen LogP contribution < -0.4 is 10.0 Å². The highest BCUT2D eigenvalue weighted by atomic mass is 79.9. The molecule has 0 saturated heterocycles. The summed E-state index contributed by atoms with van der Waals surface area (Å²) in [5.41, 5.74) is 1.03. The summed E-state index contributed by atoms with van der Waals surface area (Å²) in [4.78, 5) is 11.6. The average molecular weight is 333 g/mol. The van der Waals surface area contributed by atoms with Crippen LogP contribution in [0.15, 0.2) is 24.3 Å². The molecule has 0 bridgehead atoms. The normalized spacial score (nSPS) is 15.2. The van der Waals surface area contributed by atoms with Crippen LogP contribution in [0.25, 0.3) is 0 Å². The summed E-state index contributed by atoms with van der Waals surface area (Å²) in [5.74, 6) is 0.114. The molecular formula is C11H13BrN2O3S. The highest BCUT2D eigenvalue weighted by Crippen LogP contribution is 2.30. The maximum atomic E-state index is 11.6. The van der Waals surface area contributed by atoms with Gasteiger partial charge in [0.2, 0.25) is 15.9 Å². The van der Waals surface area contributed by atoms with E-state index >= 15 is 0 Å². The van der Waals surface area contributed by atoms with E-state index in [1.165, 1.54) is 0 Å². The van der Waals surface area contributed by atoms with Gasteiger partial charge in [-0.1, -0.05) is 22.0 Å². The van der Waals surface area contributed by atoms with Crippen molar-refractivity contribution < 1.29 is 13.2 Å². The monoisotopic (exact) mass is 332 g/mol. The van der Waals surface area contributed by atoms with Crippen LogP contribution in [-0.2, 0) is 14.8 Å². The van der Waals surface area contributed by atoms with Crippen molar-refractivity contribution in [3.05, 3.63) is 24.3 Å². The predicted octanol–water partition coefficient (Wildman–Crippen LogP) is 2.13. The summed E-state index contributed by atoms with van der Waals surface area (Å²) in [6, 6.07) is 6.65. The molecule has 5 nitrogen and oxygen atoms in total. The van der Waals surface area contributed by atoms with E-state index in [2.05, 4.69) is 26.0 Å². The Balaban J connectivity index is 2.07. The van der Waals surface area contributed by atoms with E-state index in [9.17, 15) is 13.2 Å². The number of hydrogen-bond acceptors (Lipinski definition) is 3. The van der Waals surface area contributed by atoms with Gasteiger partial charge in [-0.05, 0) is 31.0 Å². The molecule has 0 radical (unpaired) electrons. The summed E-state index contributed by atoms with van der Waals surface area (Å²) in [5, 5.41) is 2.76. The van der Waals surface area contributed by atoms with Gasteiger partial charge < -0.3 is 5.32 Å². The van der Waals surface area contributed by atoms with Crippen LogP contribution in [-0.4, -0.2) is 19.0 Å². The topological polar surface area (TPSA) is 75.3 Å². The number of halogens is 1. The fourth-order valence-electron chi connectivity index (χ4n) is 1.46. The molecular weight excluding hydrogens is 320 g/mol. The Bertz CT molecular complexity index is 555. The second kappa shape index (κ2) is 5.27. The van der Waals surface area contributed by atoms with Gasteiger partial charge in [0.1, 0.15) is 4.66 Å². The molecule has 2 rings (SSSR count). The molecule has 0 aromatic heterocycles. The molecule has 0 aliphatic heterocycles. The summed E-state index contributed by atoms with van der Waals surface area (Å²) >= 11 is 2.89. The third-order valence-electron chi connectivity index (χ3n) is 2.50. The summed E-state index contributed by atoms with van der Waals surface area (Å²) < 4.78 is 25.0. The van der Waals surface area contributed by atoms with Crippen molar-refractivity contribution >= 4 is 43.2 Å². The van der Waals surface area contributed by atoms with Crippen molar-refractivity contribution in [1.82, 2.24) is 0 Å². The number of rotatable bonds is 5. The first-order valence-corrected chi connectivity index (χ1v) is 8.25. The lowest BCUT2D eigenvalue weighted by Crippen LogP contribution is -2.15.